The van der Waals surface area contributed by atoms with Crippen LogP contribution in [0.15, 0.2) is 0 Å². The minimum atomic E-state index is -0.777. The first-order valence-electron chi connectivity index (χ1n) is 14.1. The van der Waals surface area contributed by atoms with Gasteiger partial charge in [0, 0.05) is 11.8 Å². The number of aliphatic hydroxyl groups is 1. The fraction of sp³-hybridized carbons (Fsp3) is 1.00. The maximum absolute atomic E-state index is 10.7. The quantitative estimate of drug-likeness (QED) is 0.305. The number of ether oxygens (including phenoxy) is 10. The molecule has 11 atom stereocenters. The molecule has 3 unspecified atom stereocenters. The molecule has 6 saturated heterocycles. The van der Waals surface area contributed by atoms with E-state index < -0.39 is 11.7 Å². The molecule has 218 valence electrons. The van der Waals surface area contributed by atoms with Crippen molar-refractivity contribution >= 4 is 0 Å². The third-order valence-corrected chi connectivity index (χ3v) is 8.89. The number of hydrogen-bond donors (Lipinski definition) is 1. The zero-order valence-corrected chi connectivity index (χ0v) is 23.0. The summed E-state index contributed by atoms with van der Waals surface area (Å²) in [7, 11) is 0. The Kier molecular flexibility index (Phi) is 8.09. The Balaban J connectivity index is 0.925. The third kappa shape index (κ3) is 6.08. The molecule has 0 aromatic heterocycles. The molecule has 6 aliphatic rings. The Labute approximate surface area is 224 Å². The van der Waals surface area contributed by atoms with Crippen molar-refractivity contribution in [2.24, 2.45) is 11.8 Å². The van der Waals surface area contributed by atoms with Crippen molar-refractivity contribution in [3.05, 3.63) is 0 Å². The maximum Gasteiger partial charge on any atom is 0.112 e. The molecular formula is C27H44O11. The normalized spacial score (nSPS) is 42.9. The number of hydrogen-bond acceptors (Lipinski definition) is 11. The molecule has 11 nitrogen and oxygen atoms in total. The summed E-state index contributed by atoms with van der Waals surface area (Å²) in [5.74, 6) is 0.146. The van der Waals surface area contributed by atoms with E-state index in [4.69, 9.17) is 47.4 Å². The van der Waals surface area contributed by atoms with E-state index in [9.17, 15) is 5.11 Å². The molecule has 0 aliphatic carbocycles. The van der Waals surface area contributed by atoms with Gasteiger partial charge in [-0.25, -0.2) is 0 Å². The molecule has 38 heavy (non-hydrogen) atoms. The van der Waals surface area contributed by atoms with Gasteiger partial charge in [-0.05, 0) is 27.7 Å². The van der Waals surface area contributed by atoms with Crippen LogP contribution in [-0.4, -0.2) is 137 Å². The van der Waals surface area contributed by atoms with Crippen molar-refractivity contribution in [1.29, 1.82) is 0 Å². The van der Waals surface area contributed by atoms with E-state index in [1.54, 1.807) is 0 Å². The van der Waals surface area contributed by atoms with Gasteiger partial charge in [0.2, 0.25) is 0 Å². The fourth-order valence-corrected chi connectivity index (χ4v) is 6.08. The molecule has 6 aliphatic heterocycles. The molecule has 11 heteroatoms. The summed E-state index contributed by atoms with van der Waals surface area (Å²) in [4.78, 5) is 0. The van der Waals surface area contributed by atoms with Crippen LogP contribution in [0.4, 0.5) is 0 Å². The zero-order chi connectivity index (χ0) is 26.5. The lowest BCUT2D eigenvalue weighted by molar-refractivity contribution is -0.133. The highest BCUT2D eigenvalue weighted by Gasteiger charge is 2.55. The number of epoxide rings is 2. The average Bonchev–Trinajstić information content (AvgIpc) is 3.69. The Morgan fingerprint density at radius 1 is 0.605 bits per heavy atom. The summed E-state index contributed by atoms with van der Waals surface area (Å²) in [6.45, 7) is 13.2. The maximum atomic E-state index is 10.7. The summed E-state index contributed by atoms with van der Waals surface area (Å²) in [6, 6.07) is 0. The first kappa shape index (κ1) is 27.7. The fourth-order valence-electron chi connectivity index (χ4n) is 6.08. The van der Waals surface area contributed by atoms with Crippen LogP contribution < -0.4 is 0 Å². The Morgan fingerprint density at radius 3 is 1.68 bits per heavy atom. The molecule has 6 fully saturated rings. The molecule has 0 spiro atoms. The van der Waals surface area contributed by atoms with Crippen LogP contribution in [-0.2, 0) is 47.4 Å². The van der Waals surface area contributed by atoms with Gasteiger partial charge in [-0.1, -0.05) is 0 Å². The van der Waals surface area contributed by atoms with E-state index in [1.165, 1.54) is 0 Å². The van der Waals surface area contributed by atoms with Gasteiger partial charge in [0.25, 0.3) is 0 Å². The second kappa shape index (κ2) is 11.1. The Morgan fingerprint density at radius 2 is 1.11 bits per heavy atom. The summed E-state index contributed by atoms with van der Waals surface area (Å²) in [5, 5.41) is 10.7. The number of aliphatic hydroxyl groups excluding tert-OH is 1. The number of fused-ring (bicyclic) bond motifs is 2. The second-order valence-electron chi connectivity index (χ2n) is 12.5. The first-order valence-corrected chi connectivity index (χ1v) is 14.1. The van der Waals surface area contributed by atoms with Crippen molar-refractivity contribution in [2.75, 3.05) is 66.1 Å². The first-order chi connectivity index (χ1) is 18.2. The predicted molar refractivity (Wildman–Crippen MR) is 131 cm³/mol. The van der Waals surface area contributed by atoms with Gasteiger partial charge in [-0.2, -0.15) is 0 Å². The monoisotopic (exact) mass is 544 g/mol. The van der Waals surface area contributed by atoms with Gasteiger partial charge in [0.05, 0.1) is 89.5 Å². The van der Waals surface area contributed by atoms with Crippen molar-refractivity contribution in [1.82, 2.24) is 0 Å². The molecule has 0 bridgehead atoms. The van der Waals surface area contributed by atoms with Crippen LogP contribution in [0.1, 0.15) is 27.7 Å². The van der Waals surface area contributed by atoms with E-state index in [-0.39, 0.29) is 79.5 Å². The van der Waals surface area contributed by atoms with Gasteiger partial charge in [-0.15, -0.1) is 0 Å². The van der Waals surface area contributed by atoms with Crippen LogP contribution in [0, 0.1) is 11.8 Å². The molecule has 0 aromatic rings. The average molecular weight is 545 g/mol. The minimum absolute atomic E-state index is 0.0382. The highest BCUT2D eigenvalue weighted by Crippen LogP contribution is 2.41. The highest BCUT2D eigenvalue weighted by molar-refractivity contribution is 5.02. The van der Waals surface area contributed by atoms with Gasteiger partial charge in [0.15, 0.2) is 0 Å². The van der Waals surface area contributed by atoms with Gasteiger partial charge < -0.3 is 52.5 Å². The van der Waals surface area contributed by atoms with Crippen molar-refractivity contribution in [3.63, 3.8) is 0 Å². The topological polar surface area (TPSA) is 119 Å². The van der Waals surface area contributed by atoms with E-state index >= 15 is 0 Å². The molecule has 0 amide bonds. The standard InChI is InChI=1S/C27H44O11/c1-26(2,18-11-34-25-21(14-36-22(18)25)32-9-16-7-29-16)37-6-15(28)5-31-20-13-35-23-19(12-33-24(20)23)27(3,4)38-10-17-8-30-17/h15-25,28H,5-14H2,1-4H3/t15?,16?,17?,18-,19-,20+,21+,22-,23-,24-,25-/m1/s1. The predicted octanol–water partition coefficient (Wildman–Crippen LogP) is 0.333. The Hall–Kier alpha value is -0.440. The van der Waals surface area contributed by atoms with Crippen LogP contribution >= 0.6 is 0 Å². The largest absolute Gasteiger partial charge is 0.388 e. The van der Waals surface area contributed by atoms with Gasteiger partial charge in [0.1, 0.15) is 42.7 Å². The summed E-state index contributed by atoms with van der Waals surface area (Å²) >= 11 is 0. The van der Waals surface area contributed by atoms with E-state index in [1.807, 2.05) is 13.8 Å². The van der Waals surface area contributed by atoms with E-state index in [0.717, 1.165) is 13.2 Å². The van der Waals surface area contributed by atoms with Crippen LogP contribution in [0.3, 0.4) is 0 Å². The van der Waals surface area contributed by atoms with Crippen molar-refractivity contribution in [2.45, 2.75) is 93.8 Å². The van der Waals surface area contributed by atoms with Crippen molar-refractivity contribution < 1.29 is 52.5 Å². The summed E-state index contributed by atoms with van der Waals surface area (Å²) in [5.41, 5.74) is -0.932. The Bertz CT molecular complexity index is 800. The number of rotatable bonds is 14. The SMILES string of the molecule is CC(C)(OCC(O)CO[C@H]1CO[C@H]2[C@@H]1OC[C@H]2C(C)(C)OCC1CO1)[C@@H]1CO[C@H]2[C@@H]1OC[C@@H]2OCC1CO1. The molecule has 6 rings (SSSR count). The smallest absolute Gasteiger partial charge is 0.112 e. The molecular weight excluding hydrogens is 500 g/mol. The van der Waals surface area contributed by atoms with E-state index in [2.05, 4.69) is 13.8 Å². The molecule has 0 radical (unpaired) electrons. The van der Waals surface area contributed by atoms with E-state index in [0.29, 0.717) is 39.6 Å². The molecule has 0 aromatic carbocycles. The van der Waals surface area contributed by atoms with Gasteiger partial charge >= 0.3 is 0 Å². The lowest BCUT2D eigenvalue weighted by atomic mass is 9.86. The second-order valence-corrected chi connectivity index (χ2v) is 12.5. The van der Waals surface area contributed by atoms with Crippen LogP contribution in [0.5, 0.6) is 0 Å². The highest BCUT2D eigenvalue weighted by atomic mass is 16.6. The molecule has 6 heterocycles. The molecule has 0 saturated carbocycles. The lowest BCUT2D eigenvalue weighted by Gasteiger charge is -2.34. The molecule has 1 N–H and O–H groups in total. The third-order valence-electron chi connectivity index (χ3n) is 8.89. The summed E-state index contributed by atoms with van der Waals surface area (Å²) < 4.78 is 59.2. The zero-order valence-electron chi connectivity index (χ0n) is 23.0. The van der Waals surface area contributed by atoms with Crippen LogP contribution in [0.25, 0.3) is 0 Å². The minimum Gasteiger partial charge on any atom is -0.388 e. The van der Waals surface area contributed by atoms with Crippen molar-refractivity contribution in [3.8, 4) is 0 Å². The lowest BCUT2D eigenvalue weighted by Crippen LogP contribution is -2.45. The summed E-state index contributed by atoms with van der Waals surface area (Å²) in [6.07, 6.45) is -1.10. The van der Waals surface area contributed by atoms with Crippen LogP contribution in [0.2, 0.25) is 0 Å². The van der Waals surface area contributed by atoms with Gasteiger partial charge in [-0.3, -0.25) is 0 Å².